The molecular weight excluding hydrogens is 288 g/mol. The van der Waals surface area contributed by atoms with Gasteiger partial charge >= 0.3 is 11.9 Å². The van der Waals surface area contributed by atoms with Crippen LogP contribution in [0.5, 0.6) is 0 Å². The average molecular weight is 302 g/mol. The van der Waals surface area contributed by atoms with Crippen LogP contribution >= 0.6 is 0 Å². The predicted octanol–water partition coefficient (Wildman–Crippen LogP) is 0.537. The standard InChI is InChI=1S/C14H14N4O4/c1-21-13(19)9-5-2-3-6-10(9)14(20)22-18-12-11(16-17-18)7-4-8-15-12/h2-4,7-10H,5-6H2,1H3. The maximum absolute atomic E-state index is 12.4. The second-order valence-electron chi connectivity index (χ2n) is 4.90. The van der Waals surface area contributed by atoms with E-state index < -0.39 is 23.8 Å². The Morgan fingerprint density at radius 1 is 1.23 bits per heavy atom. The van der Waals surface area contributed by atoms with Crippen LogP contribution in [0.15, 0.2) is 30.5 Å². The van der Waals surface area contributed by atoms with E-state index >= 15 is 0 Å². The van der Waals surface area contributed by atoms with E-state index in [-0.39, 0.29) is 0 Å². The molecule has 3 rings (SSSR count). The summed E-state index contributed by atoms with van der Waals surface area (Å²) >= 11 is 0. The van der Waals surface area contributed by atoms with Gasteiger partial charge in [0.05, 0.1) is 18.9 Å². The van der Waals surface area contributed by atoms with Gasteiger partial charge in [-0.2, -0.15) is 0 Å². The Labute approximate surface area is 125 Å². The van der Waals surface area contributed by atoms with Gasteiger partial charge in [-0.25, -0.2) is 9.78 Å². The number of allylic oxidation sites excluding steroid dienone is 2. The SMILES string of the molecule is COC(=O)C1CC=CCC1C(=O)On1nnc2cccnc21. The molecule has 2 atom stereocenters. The third kappa shape index (κ3) is 2.54. The summed E-state index contributed by atoms with van der Waals surface area (Å²) in [6.45, 7) is 0. The molecule has 0 radical (unpaired) electrons. The fourth-order valence-corrected chi connectivity index (χ4v) is 2.45. The number of ether oxygens (including phenoxy) is 1. The average Bonchev–Trinajstić information content (AvgIpc) is 2.97. The molecule has 22 heavy (non-hydrogen) atoms. The number of rotatable bonds is 3. The van der Waals surface area contributed by atoms with Crippen LogP contribution in [0, 0.1) is 11.8 Å². The maximum Gasteiger partial charge on any atom is 0.339 e. The molecule has 0 N–H and O–H groups in total. The fourth-order valence-electron chi connectivity index (χ4n) is 2.45. The van der Waals surface area contributed by atoms with Crippen molar-refractivity contribution in [2.24, 2.45) is 11.8 Å². The van der Waals surface area contributed by atoms with Crippen molar-refractivity contribution >= 4 is 23.1 Å². The quantitative estimate of drug-likeness (QED) is 0.463. The van der Waals surface area contributed by atoms with Gasteiger partial charge in [-0.3, -0.25) is 4.79 Å². The molecule has 0 amide bonds. The zero-order valence-corrected chi connectivity index (χ0v) is 11.9. The van der Waals surface area contributed by atoms with Gasteiger partial charge < -0.3 is 9.57 Å². The Bertz CT molecular complexity index is 739. The van der Waals surface area contributed by atoms with Crippen LogP contribution in [-0.4, -0.2) is 39.2 Å². The summed E-state index contributed by atoms with van der Waals surface area (Å²) in [4.78, 5) is 34.4. The van der Waals surface area contributed by atoms with Crippen LogP contribution in [-0.2, 0) is 14.3 Å². The zero-order valence-electron chi connectivity index (χ0n) is 11.9. The summed E-state index contributed by atoms with van der Waals surface area (Å²) < 4.78 is 4.75. The zero-order chi connectivity index (χ0) is 15.5. The molecule has 2 aromatic rings. The Balaban J connectivity index is 1.81. The summed E-state index contributed by atoms with van der Waals surface area (Å²) in [6, 6.07) is 3.42. The first-order valence-corrected chi connectivity index (χ1v) is 6.82. The van der Waals surface area contributed by atoms with Crippen molar-refractivity contribution in [3.8, 4) is 0 Å². The molecule has 114 valence electrons. The lowest BCUT2D eigenvalue weighted by molar-refractivity contribution is -0.160. The number of carbonyl (C=O) groups excluding carboxylic acids is 2. The second kappa shape index (κ2) is 5.92. The monoisotopic (exact) mass is 302 g/mol. The molecular formula is C14H14N4O4. The van der Waals surface area contributed by atoms with Gasteiger partial charge in [-0.1, -0.05) is 12.2 Å². The Morgan fingerprint density at radius 3 is 2.68 bits per heavy atom. The Morgan fingerprint density at radius 2 is 1.95 bits per heavy atom. The molecule has 0 aliphatic heterocycles. The van der Waals surface area contributed by atoms with Crippen molar-refractivity contribution < 1.29 is 19.2 Å². The van der Waals surface area contributed by atoms with Crippen LogP contribution in [0.2, 0.25) is 0 Å². The third-order valence-electron chi connectivity index (χ3n) is 3.60. The van der Waals surface area contributed by atoms with Gasteiger partial charge in [0.1, 0.15) is 5.52 Å². The van der Waals surface area contributed by atoms with Crippen LogP contribution < -0.4 is 4.84 Å². The lowest BCUT2D eigenvalue weighted by Crippen LogP contribution is -2.37. The highest BCUT2D eigenvalue weighted by Crippen LogP contribution is 2.27. The molecule has 8 nitrogen and oxygen atoms in total. The van der Waals surface area contributed by atoms with Crippen molar-refractivity contribution in [1.82, 2.24) is 20.1 Å². The number of methoxy groups -OCH3 is 1. The number of fused-ring (bicyclic) bond motifs is 1. The van der Waals surface area contributed by atoms with Crippen molar-refractivity contribution in [1.29, 1.82) is 0 Å². The first-order chi connectivity index (χ1) is 10.7. The lowest BCUT2D eigenvalue weighted by atomic mass is 9.83. The Kier molecular flexibility index (Phi) is 3.82. The molecule has 1 aliphatic carbocycles. The van der Waals surface area contributed by atoms with Crippen LogP contribution in [0.3, 0.4) is 0 Å². The topological polar surface area (TPSA) is 96.2 Å². The van der Waals surface area contributed by atoms with Gasteiger partial charge in [-0.05, 0) is 35.0 Å². The van der Waals surface area contributed by atoms with Gasteiger partial charge in [0, 0.05) is 6.20 Å². The summed E-state index contributed by atoms with van der Waals surface area (Å²) in [6.07, 6.45) is 6.12. The molecule has 0 aromatic carbocycles. The molecule has 0 fully saturated rings. The van der Waals surface area contributed by atoms with Gasteiger partial charge in [0.15, 0.2) is 0 Å². The number of hydrogen-bond acceptors (Lipinski definition) is 7. The van der Waals surface area contributed by atoms with E-state index in [0.29, 0.717) is 24.0 Å². The molecule has 0 bridgehead atoms. The molecule has 8 heteroatoms. The van der Waals surface area contributed by atoms with Gasteiger partial charge in [0.2, 0.25) is 5.65 Å². The molecule has 0 spiro atoms. The highest BCUT2D eigenvalue weighted by atomic mass is 16.7. The van der Waals surface area contributed by atoms with Gasteiger partial charge in [0.25, 0.3) is 0 Å². The van der Waals surface area contributed by atoms with Crippen molar-refractivity contribution in [2.75, 3.05) is 7.11 Å². The van der Waals surface area contributed by atoms with E-state index in [1.54, 1.807) is 18.3 Å². The van der Waals surface area contributed by atoms with Crippen molar-refractivity contribution in [3.63, 3.8) is 0 Å². The first kappa shape index (κ1) is 14.2. The normalized spacial score (nSPS) is 20.8. The largest absolute Gasteiger partial charge is 0.469 e. The van der Waals surface area contributed by atoms with E-state index in [1.807, 2.05) is 12.2 Å². The number of esters is 1. The summed E-state index contributed by atoms with van der Waals surface area (Å²) in [5, 5.41) is 7.60. The molecule has 1 aliphatic rings. The van der Waals surface area contributed by atoms with E-state index in [0.717, 1.165) is 4.85 Å². The van der Waals surface area contributed by atoms with Gasteiger partial charge in [-0.15, -0.1) is 5.10 Å². The minimum atomic E-state index is -0.611. The minimum Gasteiger partial charge on any atom is -0.469 e. The number of aromatic nitrogens is 4. The number of nitrogens with zero attached hydrogens (tertiary/aromatic N) is 4. The van der Waals surface area contributed by atoms with Crippen molar-refractivity contribution in [3.05, 3.63) is 30.5 Å². The van der Waals surface area contributed by atoms with E-state index in [1.165, 1.54) is 7.11 Å². The number of carbonyl (C=O) groups is 2. The van der Waals surface area contributed by atoms with Crippen LogP contribution in [0.25, 0.3) is 11.2 Å². The second-order valence-corrected chi connectivity index (χ2v) is 4.90. The molecule has 0 saturated carbocycles. The highest BCUT2D eigenvalue weighted by Gasteiger charge is 2.36. The minimum absolute atomic E-state index is 0.344. The molecule has 2 heterocycles. The van der Waals surface area contributed by atoms with Crippen molar-refractivity contribution in [2.45, 2.75) is 12.8 Å². The smallest absolute Gasteiger partial charge is 0.339 e. The fraction of sp³-hybridized carbons (Fsp3) is 0.357. The summed E-state index contributed by atoms with van der Waals surface area (Å²) in [5.74, 6) is -2.14. The van der Waals surface area contributed by atoms with Crippen LogP contribution in [0.1, 0.15) is 12.8 Å². The highest BCUT2D eigenvalue weighted by molar-refractivity contribution is 5.83. The molecule has 2 unspecified atom stereocenters. The summed E-state index contributed by atoms with van der Waals surface area (Å²) in [5.41, 5.74) is 0.861. The molecule has 2 aromatic heterocycles. The van der Waals surface area contributed by atoms with Crippen LogP contribution in [0.4, 0.5) is 0 Å². The van der Waals surface area contributed by atoms with E-state index in [4.69, 9.17) is 9.57 Å². The first-order valence-electron chi connectivity index (χ1n) is 6.82. The van der Waals surface area contributed by atoms with E-state index in [2.05, 4.69) is 15.3 Å². The predicted molar refractivity (Wildman–Crippen MR) is 74.3 cm³/mol. The van der Waals surface area contributed by atoms with E-state index in [9.17, 15) is 9.59 Å². The number of hydrogen-bond donors (Lipinski definition) is 0. The third-order valence-corrected chi connectivity index (χ3v) is 3.60. The molecule has 0 saturated heterocycles. The maximum atomic E-state index is 12.4. The lowest BCUT2D eigenvalue weighted by Gasteiger charge is -2.23. The Hall–Kier alpha value is -2.77. The summed E-state index contributed by atoms with van der Waals surface area (Å²) in [7, 11) is 1.30. The number of pyridine rings is 1.